The number of fused-ring (bicyclic) bond motifs is 3. The number of hydrogen-bond donors (Lipinski definition) is 2. The zero-order valence-corrected chi connectivity index (χ0v) is 15.4. The fraction of sp³-hybridized carbons (Fsp3) is 0.409. The molecule has 0 spiro atoms. The SMILES string of the molecule is C.Cc1ccc2c(c1)c1c(n2CC(O)(CN)c2cccnc2)CCN(C)C1. The highest BCUT2D eigenvalue weighted by Crippen LogP contribution is 2.34. The van der Waals surface area contributed by atoms with Gasteiger partial charge in [0.2, 0.25) is 0 Å². The van der Waals surface area contributed by atoms with Crippen molar-refractivity contribution in [3.63, 3.8) is 0 Å². The van der Waals surface area contributed by atoms with Gasteiger partial charge in [0.15, 0.2) is 0 Å². The van der Waals surface area contributed by atoms with E-state index >= 15 is 0 Å². The van der Waals surface area contributed by atoms with Gasteiger partial charge in [0.25, 0.3) is 0 Å². The number of benzene rings is 1. The lowest BCUT2D eigenvalue weighted by molar-refractivity contribution is 0.0274. The van der Waals surface area contributed by atoms with Crippen LogP contribution in [0.3, 0.4) is 0 Å². The summed E-state index contributed by atoms with van der Waals surface area (Å²) in [5.41, 5.74) is 10.8. The van der Waals surface area contributed by atoms with E-state index in [4.69, 9.17) is 5.73 Å². The number of aryl methyl sites for hydroxylation is 1. The van der Waals surface area contributed by atoms with Crippen molar-refractivity contribution in [1.82, 2.24) is 14.5 Å². The van der Waals surface area contributed by atoms with E-state index in [1.165, 1.54) is 27.7 Å². The largest absolute Gasteiger partial charge is 0.382 e. The molecule has 0 fully saturated rings. The second-order valence-electron chi connectivity index (χ2n) is 7.50. The predicted octanol–water partition coefficient (Wildman–Crippen LogP) is 2.82. The molecule has 0 saturated carbocycles. The second-order valence-corrected chi connectivity index (χ2v) is 7.50. The fourth-order valence-corrected chi connectivity index (χ4v) is 4.05. The molecule has 1 aromatic carbocycles. The number of aromatic nitrogens is 2. The minimum Gasteiger partial charge on any atom is -0.382 e. The molecule has 1 aliphatic rings. The Balaban J connectivity index is 0.00000210. The Morgan fingerprint density at radius 1 is 1.30 bits per heavy atom. The zero-order chi connectivity index (χ0) is 18.3. The van der Waals surface area contributed by atoms with Gasteiger partial charge in [-0.25, -0.2) is 0 Å². The van der Waals surface area contributed by atoms with Gasteiger partial charge < -0.3 is 20.3 Å². The molecule has 2 aromatic heterocycles. The van der Waals surface area contributed by atoms with E-state index < -0.39 is 5.60 Å². The topological polar surface area (TPSA) is 67.3 Å². The Labute approximate surface area is 161 Å². The van der Waals surface area contributed by atoms with Crippen molar-refractivity contribution in [2.45, 2.75) is 39.5 Å². The smallest absolute Gasteiger partial charge is 0.121 e. The van der Waals surface area contributed by atoms with Crippen LogP contribution in [0.2, 0.25) is 0 Å². The third kappa shape index (κ3) is 3.38. The van der Waals surface area contributed by atoms with Gasteiger partial charge in [-0.05, 0) is 37.7 Å². The van der Waals surface area contributed by atoms with Crippen LogP contribution in [-0.4, -0.2) is 39.7 Å². The van der Waals surface area contributed by atoms with Crippen LogP contribution in [0.25, 0.3) is 10.9 Å². The highest BCUT2D eigenvalue weighted by atomic mass is 16.3. The first-order valence-corrected chi connectivity index (χ1v) is 9.14. The van der Waals surface area contributed by atoms with Gasteiger partial charge in [-0.15, -0.1) is 0 Å². The number of nitrogens with zero attached hydrogens (tertiary/aromatic N) is 3. The Morgan fingerprint density at radius 2 is 2.11 bits per heavy atom. The first-order valence-electron chi connectivity index (χ1n) is 9.14. The lowest BCUT2D eigenvalue weighted by Crippen LogP contribution is -2.40. The number of hydrogen-bond acceptors (Lipinski definition) is 4. The van der Waals surface area contributed by atoms with Gasteiger partial charge in [0.05, 0.1) is 6.54 Å². The minimum absolute atomic E-state index is 0. The van der Waals surface area contributed by atoms with Gasteiger partial charge in [-0.2, -0.15) is 0 Å². The summed E-state index contributed by atoms with van der Waals surface area (Å²) in [5.74, 6) is 0. The average molecular weight is 367 g/mol. The molecule has 3 heterocycles. The van der Waals surface area contributed by atoms with Crippen molar-refractivity contribution in [3.05, 3.63) is 65.1 Å². The molecule has 144 valence electrons. The lowest BCUT2D eigenvalue weighted by atomic mass is 9.95. The summed E-state index contributed by atoms with van der Waals surface area (Å²) in [7, 11) is 2.16. The van der Waals surface area contributed by atoms with E-state index in [0.29, 0.717) is 6.54 Å². The van der Waals surface area contributed by atoms with Gasteiger partial charge >= 0.3 is 0 Å². The van der Waals surface area contributed by atoms with Gasteiger partial charge in [0, 0.05) is 60.6 Å². The highest BCUT2D eigenvalue weighted by molar-refractivity contribution is 5.86. The zero-order valence-electron chi connectivity index (χ0n) is 15.4. The van der Waals surface area contributed by atoms with Crippen LogP contribution in [0.4, 0.5) is 0 Å². The number of rotatable bonds is 4. The lowest BCUT2D eigenvalue weighted by Gasteiger charge is -2.30. The molecule has 1 atom stereocenters. The normalized spacial score (nSPS) is 16.6. The third-order valence-electron chi connectivity index (χ3n) is 5.56. The van der Waals surface area contributed by atoms with E-state index in [-0.39, 0.29) is 14.0 Å². The molecule has 3 aromatic rings. The molecule has 5 nitrogen and oxygen atoms in total. The monoisotopic (exact) mass is 366 g/mol. The van der Waals surface area contributed by atoms with Crippen LogP contribution in [0.5, 0.6) is 0 Å². The third-order valence-corrected chi connectivity index (χ3v) is 5.56. The molecule has 3 N–H and O–H groups in total. The summed E-state index contributed by atoms with van der Waals surface area (Å²) in [6.45, 7) is 4.68. The van der Waals surface area contributed by atoms with Gasteiger partial charge in [0.1, 0.15) is 5.60 Å². The first-order chi connectivity index (χ1) is 12.5. The van der Waals surface area contributed by atoms with Gasteiger partial charge in [-0.1, -0.05) is 25.1 Å². The quantitative estimate of drug-likeness (QED) is 0.745. The van der Waals surface area contributed by atoms with Crippen molar-refractivity contribution in [2.24, 2.45) is 5.73 Å². The number of nitrogens with two attached hydrogens (primary N) is 1. The Bertz CT molecular complexity index is 934. The number of aliphatic hydroxyl groups is 1. The van der Waals surface area contributed by atoms with E-state index in [1.807, 2.05) is 12.1 Å². The molecule has 0 bridgehead atoms. The highest BCUT2D eigenvalue weighted by Gasteiger charge is 2.32. The maximum atomic E-state index is 11.3. The summed E-state index contributed by atoms with van der Waals surface area (Å²) >= 11 is 0. The van der Waals surface area contributed by atoms with E-state index in [2.05, 4.69) is 46.6 Å². The molecule has 5 heteroatoms. The van der Waals surface area contributed by atoms with Crippen LogP contribution in [-0.2, 0) is 25.1 Å². The summed E-state index contributed by atoms with van der Waals surface area (Å²) in [4.78, 5) is 6.52. The summed E-state index contributed by atoms with van der Waals surface area (Å²) in [6, 6.07) is 10.3. The van der Waals surface area contributed by atoms with Gasteiger partial charge in [-0.3, -0.25) is 4.98 Å². The molecule has 0 amide bonds. The number of likely N-dealkylation sites (N-methyl/N-ethyl adjacent to an activating group) is 1. The molecular weight excluding hydrogens is 336 g/mol. The van der Waals surface area contributed by atoms with E-state index in [9.17, 15) is 5.11 Å². The van der Waals surface area contributed by atoms with E-state index in [0.717, 1.165) is 25.1 Å². The predicted molar refractivity (Wildman–Crippen MR) is 111 cm³/mol. The molecule has 0 aliphatic carbocycles. The van der Waals surface area contributed by atoms with Crippen molar-refractivity contribution < 1.29 is 5.11 Å². The fourth-order valence-electron chi connectivity index (χ4n) is 4.05. The average Bonchev–Trinajstić information content (AvgIpc) is 2.94. The number of pyridine rings is 1. The van der Waals surface area contributed by atoms with Crippen molar-refractivity contribution in [1.29, 1.82) is 0 Å². The Kier molecular flexibility index (Phi) is 5.38. The minimum atomic E-state index is -1.14. The molecule has 1 unspecified atom stereocenters. The molecule has 1 aliphatic heterocycles. The summed E-state index contributed by atoms with van der Waals surface area (Å²) < 4.78 is 2.27. The second kappa shape index (κ2) is 7.43. The van der Waals surface area contributed by atoms with E-state index in [1.54, 1.807) is 12.4 Å². The Hall–Kier alpha value is -2.21. The summed E-state index contributed by atoms with van der Waals surface area (Å²) in [6.07, 6.45) is 4.40. The maximum absolute atomic E-state index is 11.3. The maximum Gasteiger partial charge on any atom is 0.121 e. The van der Waals surface area contributed by atoms with Crippen LogP contribution in [0.15, 0.2) is 42.7 Å². The molecule has 27 heavy (non-hydrogen) atoms. The molecular formula is C22H30N4O. The summed E-state index contributed by atoms with van der Waals surface area (Å²) in [5, 5.41) is 12.6. The standard InChI is InChI=1S/C21H26N4O.CH4/c1-15-5-6-19-17(10-15)18-12-24(2)9-7-20(18)25(19)14-21(26,13-22)16-4-3-8-23-11-16;/h3-6,8,10-11,26H,7,9,12-14,22H2,1-2H3;1H4. The van der Waals surface area contributed by atoms with Crippen LogP contribution >= 0.6 is 0 Å². The van der Waals surface area contributed by atoms with Crippen LogP contribution in [0.1, 0.15) is 29.8 Å². The molecule has 0 saturated heterocycles. The van der Waals surface area contributed by atoms with Crippen LogP contribution < -0.4 is 5.73 Å². The van der Waals surface area contributed by atoms with Crippen molar-refractivity contribution >= 4 is 10.9 Å². The molecule has 0 radical (unpaired) electrons. The van der Waals surface area contributed by atoms with Crippen LogP contribution in [0, 0.1) is 6.92 Å². The van der Waals surface area contributed by atoms with Crippen molar-refractivity contribution in [2.75, 3.05) is 20.1 Å². The first kappa shape index (κ1) is 19.5. The Morgan fingerprint density at radius 3 is 2.81 bits per heavy atom. The molecule has 4 rings (SSSR count). The van der Waals surface area contributed by atoms with Crippen molar-refractivity contribution in [3.8, 4) is 0 Å².